The van der Waals surface area contributed by atoms with Gasteiger partial charge in [0.2, 0.25) is 10.9 Å². The van der Waals surface area contributed by atoms with Crippen molar-refractivity contribution in [2.24, 2.45) is 5.92 Å². The molecule has 13 heavy (non-hydrogen) atoms. The number of rotatable bonds is 3. The zero-order valence-corrected chi connectivity index (χ0v) is 8.32. The third-order valence-electron chi connectivity index (χ3n) is 1.88. The zero-order chi connectivity index (χ0) is 10.3. The van der Waals surface area contributed by atoms with E-state index in [0.717, 1.165) is 0 Å². The van der Waals surface area contributed by atoms with Crippen LogP contribution in [0, 0.1) is 5.92 Å². The molecule has 0 radical (unpaired) electrons. The average Bonchev–Trinajstić information content (AvgIpc) is 2.68. The Bertz CT molecular complexity index is 319. The van der Waals surface area contributed by atoms with Gasteiger partial charge in [0.05, 0.1) is 0 Å². The number of nitrogens with one attached hydrogen (secondary N) is 1. The van der Waals surface area contributed by atoms with Crippen molar-refractivity contribution in [3.8, 4) is 0 Å². The lowest BCUT2D eigenvalue weighted by Gasteiger charge is -2.10. The van der Waals surface area contributed by atoms with E-state index in [1.165, 1.54) is 0 Å². The van der Waals surface area contributed by atoms with E-state index in [-0.39, 0.29) is 12.8 Å². The molecule has 0 aromatic rings. The molecule has 4 nitrogen and oxygen atoms in total. The molecule has 0 atom stereocenters. The quantitative estimate of drug-likeness (QED) is 0.738. The summed E-state index contributed by atoms with van der Waals surface area (Å²) in [6.45, 7) is 3.09. The Morgan fingerprint density at radius 1 is 1.46 bits per heavy atom. The third-order valence-corrected chi connectivity index (χ3v) is 3.73. The van der Waals surface area contributed by atoms with Gasteiger partial charge in [-0.2, -0.15) is 0 Å². The lowest BCUT2D eigenvalue weighted by Crippen LogP contribution is -2.39. The normalized spacial score (nSPS) is 20.0. The summed E-state index contributed by atoms with van der Waals surface area (Å²) in [5.74, 6) is -1.12. The van der Waals surface area contributed by atoms with Gasteiger partial charge in [-0.3, -0.25) is 9.52 Å². The van der Waals surface area contributed by atoms with Crippen LogP contribution in [0.2, 0.25) is 0 Å². The highest BCUT2D eigenvalue weighted by atomic mass is 32.2. The fourth-order valence-electron chi connectivity index (χ4n) is 0.709. The van der Waals surface area contributed by atoms with Gasteiger partial charge in [-0.1, -0.05) is 13.8 Å². The Hall–Kier alpha value is -0.650. The lowest BCUT2D eigenvalue weighted by atomic mass is 10.2. The predicted octanol–water partition coefficient (Wildman–Crippen LogP) is 0.548. The van der Waals surface area contributed by atoms with Gasteiger partial charge < -0.3 is 0 Å². The lowest BCUT2D eigenvalue weighted by molar-refractivity contribution is -0.122. The number of alkyl halides is 1. The van der Waals surface area contributed by atoms with Gasteiger partial charge in [-0.15, -0.1) is 0 Å². The summed E-state index contributed by atoms with van der Waals surface area (Å²) in [5.41, 5.74) is 0. The molecule has 76 valence electrons. The first-order valence-electron chi connectivity index (χ1n) is 4.04. The van der Waals surface area contributed by atoms with Gasteiger partial charge in [-0.25, -0.2) is 12.8 Å². The molecule has 0 saturated heterocycles. The molecule has 1 fully saturated rings. The number of sulfonamides is 1. The second-order valence-corrected chi connectivity index (χ2v) is 5.45. The largest absolute Gasteiger partial charge is 0.274 e. The highest BCUT2D eigenvalue weighted by molar-refractivity contribution is 7.91. The first-order valence-corrected chi connectivity index (χ1v) is 5.52. The van der Waals surface area contributed by atoms with E-state index in [9.17, 15) is 17.6 Å². The monoisotopic (exact) mass is 209 g/mol. The summed E-state index contributed by atoms with van der Waals surface area (Å²) in [6.07, 6.45) is -0.0403. The first-order chi connectivity index (χ1) is 5.78. The van der Waals surface area contributed by atoms with E-state index in [4.69, 9.17) is 0 Å². The van der Waals surface area contributed by atoms with E-state index in [1.54, 1.807) is 18.6 Å². The van der Waals surface area contributed by atoms with Crippen LogP contribution in [0.4, 0.5) is 4.39 Å². The number of amides is 1. The van der Waals surface area contributed by atoms with Crippen molar-refractivity contribution in [2.75, 3.05) is 0 Å². The topological polar surface area (TPSA) is 63.2 Å². The van der Waals surface area contributed by atoms with Crippen molar-refractivity contribution < 1.29 is 17.6 Å². The van der Waals surface area contributed by atoms with Crippen molar-refractivity contribution in [1.29, 1.82) is 0 Å². The molecule has 0 aromatic carbocycles. The molecule has 0 heterocycles. The molecule has 0 aliphatic heterocycles. The molecule has 0 bridgehead atoms. The van der Waals surface area contributed by atoms with Crippen LogP contribution >= 0.6 is 0 Å². The SMILES string of the molecule is CC(C)C(=O)NS(=O)(=O)C1(F)CC1. The molecule has 1 aliphatic rings. The number of halogens is 1. The molecule has 0 spiro atoms. The summed E-state index contributed by atoms with van der Waals surface area (Å²) in [7, 11) is -4.10. The molecule has 1 amide bonds. The number of carbonyl (C=O) groups excluding carboxylic acids is 1. The smallest absolute Gasteiger partial charge is 0.270 e. The molecule has 0 aromatic heterocycles. The van der Waals surface area contributed by atoms with Crippen LogP contribution in [0.25, 0.3) is 0 Å². The number of hydrogen-bond donors (Lipinski definition) is 1. The van der Waals surface area contributed by atoms with E-state index in [1.807, 2.05) is 0 Å². The van der Waals surface area contributed by atoms with Crippen LogP contribution in [-0.4, -0.2) is 19.3 Å². The Balaban J connectivity index is 2.69. The minimum absolute atomic E-state index is 0.0201. The second-order valence-electron chi connectivity index (χ2n) is 3.51. The van der Waals surface area contributed by atoms with Gasteiger partial charge in [-0.05, 0) is 0 Å². The molecular formula is C7H12FNO3S. The van der Waals surface area contributed by atoms with E-state index in [0.29, 0.717) is 0 Å². The zero-order valence-electron chi connectivity index (χ0n) is 7.50. The highest BCUT2D eigenvalue weighted by Gasteiger charge is 2.56. The van der Waals surface area contributed by atoms with Gasteiger partial charge in [0.25, 0.3) is 10.0 Å². The summed E-state index contributed by atoms with van der Waals surface area (Å²) in [4.78, 5) is 11.0. The average molecular weight is 209 g/mol. The standard InChI is InChI=1S/C7H12FNO3S/c1-5(2)6(10)9-13(11,12)7(8)3-4-7/h5H,3-4H2,1-2H3,(H,9,10). The number of hydrogen-bond acceptors (Lipinski definition) is 3. The molecular weight excluding hydrogens is 197 g/mol. The predicted molar refractivity (Wildman–Crippen MR) is 45.0 cm³/mol. The molecule has 0 unspecified atom stereocenters. The van der Waals surface area contributed by atoms with Crippen LogP contribution in [0.5, 0.6) is 0 Å². The summed E-state index contributed by atoms with van der Waals surface area (Å²) >= 11 is 0. The summed E-state index contributed by atoms with van der Waals surface area (Å²) in [5, 5.41) is -2.20. The Morgan fingerprint density at radius 2 is 1.92 bits per heavy atom. The minimum Gasteiger partial charge on any atom is -0.274 e. The van der Waals surface area contributed by atoms with Crippen LogP contribution in [0.15, 0.2) is 0 Å². The maximum absolute atomic E-state index is 13.1. The first kappa shape index (κ1) is 10.4. The van der Waals surface area contributed by atoms with E-state index in [2.05, 4.69) is 0 Å². The van der Waals surface area contributed by atoms with Crippen molar-refractivity contribution in [1.82, 2.24) is 4.72 Å². The summed E-state index contributed by atoms with van der Waals surface area (Å²) in [6, 6.07) is 0. The fourth-order valence-corrected chi connectivity index (χ4v) is 2.03. The molecule has 1 aliphatic carbocycles. The Labute approximate surface area is 76.6 Å². The molecule has 1 saturated carbocycles. The van der Waals surface area contributed by atoms with Crippen LogP contribution in [0.3, 0.4) is 0 Å². The van der Waals surface area contributed by atoms with Crippen LogP contribution < -0.4 is 4.72 Å². The van der Waals surface area contributed by atoms with E-state index >= 15 is 0 Å². The van der Waals surface area contributed by atoms with Crippen molar-refractivity contribution in [3.05, 3.63) is 0 Å². The van der Waals surface area contributed by atoms with Gasteiger partial charge >= 0.3 is 0 Å². The van der Waals surface area contributed by atoms with E-state index < -0.39 is 26.8 Å². The Kier molecular flexibility index (Phi) is 2.36. The molecule has 6 heteroatoms. The van der Waals surface area contributed by atoms with Crippen molar-refractivity contribution >= 4 is 15.9 Å². The number of carbonyl (C=O) groups is 1. The highest BCUT2D eigenvalue weighted by Crippen LogP contribution is 2.44. The minimum atomic E-state index is -4.10. The van der Waals surface area contributed by atoms with Crippen molar-refractivity contribution in [2.45, 2.75) is 31.7 Å². The Morgan fingerprint density at radius 3 is 2.23 bits per heavy atom. The summed E-state index contributed by atoms with van der Waals surface area (Å²) < 4.78 is 37.1. The maximum Gasteiger partial charge on any atom is 0.270 e. The molecule has 1 N–H and O–H groups in total. The van der Waals surface area contributed by atoms with Gasteiger partial charge in [0.15, 0.2) is 0 Å². The van der Waals surface area contributed by atoms with Gasteiger partial charge in [0, 0.05) is 18.8 Å². The van der Waals surface area contributed by atoms with Crippen molar-refractivity contribution in [3.63, 3.8) is 0 Å². The second kappa shape index (κ2) is 2.94. The van der Waals surface area contributed by atoms with Gasteiger partial charge in [0.1, 0.15) is 0 Å². The molecule has 1 rings (SSSR count). The third kappa shape index (κ3) is 1.99. The van der Waals surface area contributed by atoms with Crippen LogP contribution in [0.1, 0.15) is 26.7 Å². The fraction of sp³-hybridized carbons (Fsp3) is 0.857. The van der Waals surface area contributed by atoms with Crippen LogP contribution in [-0.2, 0) is 14.8 Å². The maximum atomic E-state index is 13.1.